The topological polar surface area (TPSA) is 58.6 Å². The summed E-state index contributed by atoms with van der Waals surface area (Å²) in [6.45, 7) is 5.26. The smallest absolute Gasteiger partial charge is 0.337 e. The summed E-state index contributed by atoms with van der Waals surface area (Å²) >= 11 is 6.09. The lowest BCUT2D eigenvalue weighted by atomic mass is 9.94. The minimum atomic E-state index is -1.00. The fraction of sp³-hybridized carbons (Fsp3) is 0.375. The number of carbonyl (C=O) groups excluding carboxylic acids is 2. The molecule has 7 heteroatoms. The monoisotopic (exact) mass is 340 g/mol. The highest BCUT2D eigenvalue weighted by molar-refractivity contribution is 6.31. The number of halogens is 2. The van der Waals surface area contributed by atoms with Crippen molar-refractivity contribution in [2.24, 2.45) is 0 Å². The molecule has 124 valence electrons. The molecule has 0 fully saturated rings. The van der Waals surface area contributed by atoms with Gasteiger partial charge in [0.1, 0.15) is 5.82 Å². The molecule has 0 radical (unpaired) electrons. The summed E-state index contributed by atoms with van der Waals surface area (Å²) in [6.07, 6.45) is 0. The fourth-order valence-corrected chi connectivity index (χ4v) is 3.03. The molecular weight excluding hydrogens is 323 g/mol. The molecule has 1 heterocycles. The van der Waals surface area contributed by atoms with Crippen LogP contribution in [0.3, 0.4) is 0 Å². The molecule has 2 amide bonds. The summed E-state index contributed by atoms with van der Waals surface area (Å²) in [5.41, 5.74) is 0.624. The minimum absolute atomic E-state index is 0.0469. The second-order valence-corrected chi connectivity index (χ2v) is 5.88. The molecule has 1 aromatic rings. The second-order valence-electron chi connectivity index (χ2n) is 5.47. The lowest BCUT2D eigenvalue weighted by molar-refractivity contribution is -0.136. The Hall–Kier alpha value is -2.08. The number of esters is 1. The van der Waals surface area contributed by atoms with Crippen molar-refractivity contribution in [2.45, 2.75) is 32.9 Å². The van der Waals surface area contributed by atoms with Crippen LogP contribution in [0.25, 0.3) is 0 Å². The van der Waals surface area contributed by atoms with Gasteiger partial charge in [-0.3, -0.25) is 4.90 Å². The lowest BCUT2D eigenvalue weighted by Gasteiger charge is -2.37. The van der Waals surface area contributed by atoms with Crippen LogP contribution < -0.4 is 5.32 Å². The van der Waals surface area contributed by atoms with Gasteiger partial charge < -0.3 is 10.1 Å². The summed E-state index contributed by atoms with van der Waals surface area (Å²) in [7, 11) is 1.23. The lowest BCUT2D eigenvalue weighted by Crippen LogP contribution is -2.50. The van der Waals surface area contributed by atoms with Gasteiger partial charge in [0.2, 0.25) is 0 Å². The molecule has 1 aliphatic heterocycles. The Morgan fingerprint density at radius 1 is 1.43 bits per heavy atom. The van der Waals surface area contributed by atoms with Gasteiger partial charge in [-0.2, -0.15) is 0 Å². The molecule has 1 atom stereocenters. The Kier molecular flexibility index (Phi) is 4.94. The Morgan fingerprint density at radius 2 is 2.09 bits per heavy atom. The first-order valence-electron chi connectivity index (χ1n) is 7.12. The minimum Gasteiger partial charge on any atom is -0.466 e. The Bertz CT molecular complexity index is 668. The number of methoxy groups -OCH3 is 1. The zero-order chi connectivity index (χ0) is 17.3. The van der Waals surface area contributed by atoms with Crippen LogP contribution in [0.2, 0.25) is 5.02 Å². The van der Waals surface area contributed by atoms with E-state index in [1.165, 1.54) is 30.2 Å². The van der Waals surface area contributed by atoms with Crippen LogP contribution in [-0.2, 0) is 9.53 Å². The van der Waals surface area contributed by atoms with Crippen LogP contribution in [0.15, 0.2) is 29.5 Å². The maximum Gasteiger partial charge on any atom is 0.337 e. The Labute approximate surface area is 139 Å². The molecule has 0 unspecified atom stereocenters. The van der Waals surface area contributed by atoms with Crippen LogP contribution >= 0.6 is 11.6 Å². The van der Waals surface area contributed by atoms with Crippen LogP contribution in [0, 0.1) is 5.82 Å². The summed E-state index contributed by atoms with van der Waals surface area (Å²) < 4.78 is 19.1. The maximum absolute atomic E-state index is 14.3. The summed E-state index contributed by atoms with van der Waals surface area (Å²) in [5.74, 6) is -1.24. The van der Waals surface area contributed by atoms with Crippen molar-refractivity contribution >= 4 is 23.6 Å². The summed E-state index contributed by atoms with van der Waals surface area (Å²) in [5, 5.41) is 2.77. The number of rotatable bonds is 3. The Morgan fingerprint density at radius 3 is 2.61 bits per heavy atom. The number of nitrogens with zero attached hydrogens (tertiary/aromatic N) is 1. The van der Waals surface area contributed by atoms with Crippen molar-refractivity contribution in [3.05, 3.63) is 45.9 Å². The quantitative estimate of drug-likeness (QED) is 0.858. The molecule has 0 aliphatic carbocycles. The van der Waals surface area contributed by atoms with Gasteiger partial charge in [-0.05, 0) is 32.9 Å². The van der Waals surface area contributed by atoms with E-state index in [2.05, 4.69) is 5.32 Å². The third kappa shape index (κ3) is 3.03. The van der Waals surface area contributed by atoms with Gasteiger partial charge in [0.15, 0.2) is 0 Å². The number of amides is 2. The maximum atomic E-state index is 14.3. The van der Waals surface area contributed by atoms with E-state index in [1.54, 1.807) is 6.92 Å². The van der Waals surface area contributed by atoms with Crippen molar-refractivity contribution in [2.75, 3.05) is 7.11 Å². The van der Waals surface area contributed by atoms with Gasteiger partial charge in [-0.1, -0.05) is 17.7 Å². The molecule has 0 spiro atoms. The summed E-state index contributed by atoms with van der Waals surface area (Å²) in [4.78, 5) is 26.0. The van der Waals surface area contributed by atoms with Crippen molar-refractivity contribution in [1.82, 2.24) is 10.2 Å². The van der Waals surface area contributed by atoms with E-state index >= 15 is 0 Å². The number of allylic oxidation sites excluding steroid dienone is 1. The van der Waals surface area contributed by atoms with E-state index in [-0.39, 0.29) is 22.2 Å². The van der Waals surface area contributed by atoms with Gasteiger partial charge >= 0.3 is 12.0 Å². The van der Waals surface area contributed by atoms with Crippen molar-refractivity contribution in [3.8, 4) is 0 Å². The third-order valence-corrected chi connectivity index (χ3v) is 4.07. The molecule has 1 aliphatic rings. The SMILES string of the molecule is COC(=O)C1=C(C)N(C(C)C)C(=O)N[C@H]1c1c(F)cccc1Cl. The van der Waals surface area contributed by atoms with Crippen molar-refractivity contribution < 1.29 is 18.7 Å². The molecule has 0 saturated carbocycles. The van der Waals surface area contributed by atoms with Crippen molar-refractivity contribution in [1.29, 1.82) is 0 Å². The predicted molar refractivity (Wildman–Crippen MR) is 84.4 cm³/mol. The highest BCUT2D eigenvalue weighted by Crippen LogP contribution is 2.36. The highest BCUT2D eigenvalue weighted by Gasteiger charge is 2.39. The largest absolute Gasteiger partial charge is 0.466 e. The number of urea groups is 1. The van der Waals surface area contributed by atoms with Gasteiger partial charge in [0, 0.05) is 22.3 Å². The molecule has 0 saturated heterocycles. The van der Waals surface area contributed by atoms with E-state index in [0.29, 0.717) is 5.70 Å². The zero-order valence-electron chi connectivity index (χ0n) is 13.3. The number of hydrogen-bond acceptors (Lipinski definition) is 3. The number of ether oxygens (including phenoxy) is 1. The van der Waals surface area contributed by atoms with Gasteiger partial charge in [-0.15, -0.1) is 0 Å². The first-order valence-corrected chi connectivity index (χ1v) is 7.50. The third-order valence-electron chi connectivity index (χ3n) is 3.74. The van der Waals surface area contributed by atoms with Gasteiger partial charge in [-0.25, -0.2) is 14.0 Å². The Balaban J connectivity index is 2.68. The molecule has 2 rings (SSSR count). The molecule has 0 aromatic heterocycles. The molecule has 23 heavy (non-hydrogen) atoms. The number of benzene rings is 1. The number of nitrogens with one attached hydrogen (secondary N) is 1. The molecular formula is C16H18ClFN2O3. The number of hydrogen-bond donors (Lipinski definition) is 1. The standard InChI is InChI=1S/C16H18ClFN2O3/c1-8(2)20-9(3)12(15(21)23-4)14(19-16(20)22)13-10(17)6-5-7-11(13)18/h5-8,14H,1-4H3,(H,19,22)/t14-/m1/s1. The molecule has 5 nitrogen and oxygen atoms in total. The first-order chi connectivity index (χ1) is 10.8. The molecule has 1 aromatic carbocycles. The number of carbonyl (C=O) groups is 2. The van der Waals surface area contributed by atoms with E-state index in [4.69, 9.17) is 16.3 Å². The van der Waals surface area contributed by atoms with Crippen molar-refractivity contribution in [3.63, 3.8) is 0 Å². The normalized spacial score (nSPS) is 18.3. The van der Waals surface area contributed by atoms with Crippen LogP contribution in [0.1, 0.15) is 32.4 Å². The van der Waals surface area contributed by atoms with E-state index in [9.17, 15) is 14.0 Å². The molecule has 0 bridgehead atoms. The molecule has 1 N–H and O–H groups in total. The van der Waals surface area contributed by atoms with Crippen LogP contribution in [-0.4, -0.2) is 30.1 Å². The zero-order valence-corrected chi connectivity index (χ0v) is 14.1. The van der Waals surface area contributed by atoms with Gasteiger partial charge in [0.25, 0.3) is 0 Å². The summed E-state index contributed by atoms with van der Waals surface area (Å²) in [6, 6.07) is 2.60. The van der Waals surface area contributed by atoms with Crippen LogP contribution in [0.4, 0.5) is 9.18 Å². The van der Waals surface area contributed by atoms with Crippen LogP contribution in [0.5, 0.6) is 0 Å². The average molecular weight is 341 g/mol. The van der Waals surface area contributed by atoms with E-state index < -0.39 is 23.9 Å². The first kappa shape index (κ1) is 17.3. The predicted octanol–water partition coefficient (Wildman–Crippen LogP) is 3.40. The average Bonchev–Trinajstić information content (AvgIpc) is 2.45. The second kappa shape index (κ2) is 6.58. The van der Waals surface area contributed by atoms with Gasteiger partial charge in [0.05, 0.1) is 18.7 Å². The highest BCUT2D eigenvalue weighted by atomic mass is 35.5. The fourth-order valence-electron chi connectivity index (χ4n) is 2.76. The van der Waals surface area contributed by atoms with E-state index in [0.717, 1.165) is 0 Å². The van der Waals surface area contributed by atoms with E-state index in [1.807, 2.05) is 13.8 Å².